The minimum absolute atomic E-state index is 0.271. The number of hydrogen-bond acceptors (Lipinski definition) is 6. The number of rotatable bonds is 7. The molecule has 4 aromatic rings. The number of aromatic amines is 1. The number of thioether (sulfide) groups is 1. The number of pyridine rings is 1. The molecule has 2 N–H and O–H groups in total. The van der Waals surface area contributed by atoms with Crippen LogP contribution >= 0.6 is 11.8 Å². The molecule has 0 aliphatic carbocycles. The van der Waals surface area contributed by atoms with E-state index in [1.165, 1.54) is 6.07 Å². The Morgan fingerprint density at radius 3 is 2.84 bits per heavy atom. The van der Waals surface area contributed by atoms with Gasteiger partial charge in [0.05, 0.1) is 11.7 Å². The van der Waals surface area contributed by atoms with E-state index in [1.807, 2.05) is 43.5 Å². The molecule has 0 spiro atoms. The van der Waals surface area contributed by atoms with Crippen molar-refractivity contribution in [3.05, 3.63) is 82.2 Å². The van der Waals surface area contributed by atoms with Crippen LogP contribution in [0.25, 0.3) is 22.4 Å². The average molecular weight is 435 g/mol. The highest BCUT2D eigenvalue weighted by Crippen LogP contribution is 2.26. The highest BCUT2D eigenvalue weighted by molar-refractivity contribution is 7.98. The van der Waals surface area contributed by atoms with Crippen molar-refractivity contribution in [2.75, 3.05) is 12.0 Å². The molecule has 1 amide bonds. The Morgan fingerprint density at radius 1 is 1.26 bits per heavy atom. The summed E-state index contributed by atoms with van der Waals surface area (Å²) in [6, 6.07) is 12.1. The van der Waals surface area contributed by atoms with Gasteiger partial charge in [0.25, 0.3) is 11.5 Å². The molecule has 3 aromatic heterocycles. The molecular formula is C23H22N4O3S. The number of carbonyl (C=O) groups is 1. The minimum atomic E-state index is -0.440. The van der Waals surface area contributed by atoms with E-state index in [2.05, 4.69) is 20.3 Å². The Balaban J connectivity index is 1.67. The summed E-state index contributed by atoms with van der Waals surface area (Å²) in [5.41, 5.74) is 2.36. The zero-order valence-corrected chi connectivity index (χ0v) is 18.0. The van der Waals surface area contributed by atoms with Crippen LogP contribution in [-0.2, 0) is 0 Å². The van der Waals surface area contributed by atoms with Gasteiger partial charge in [-0.2, -0.15) is 11.8 Å². The largest absolute Gasteiger partial charge is 0.451 e. The van der Waals surface area contributed by atoms with E-state index in [-0.39, 0.29) is 17.2 Å². The smallest absolute Gasteiger partial charge is 0.287 e. The van der Waals surface area contributed by atoms with Crippen molar-refractivity contribution in [2.24, 2.45) is 0 Å². The van der Waals surface area contributed by atoms with Gasteiger partial charge >= 0.3 is 0 Å². The topological polar surface area (TPSA) is 101 Å². The van der Waals surface area contributed by atoms with Gasteiger partial charge in [0.15, 0.2) is 5.76 Å². The first-order valence-corrected chi connectivity index (χ1v) is 11.3. The summed E-state index contributed by atoms with van der Waals surface area (Å²) in [5, 5.41) is 3.92. The number of aryl methyl sites for hydroxylation is 1. The van der Waals surface area contributed by atoms with Crippen molar-refractivity contribution in [3.63, 3.8) is 0 Å². The third-order valence-electron chi connectivity index (χ3n) is 5.02. The number of amides is 1. The van der Waals surface area contributed by atoms with Crippen LogP contribution in [0.1, 0.15) is 34.3 Å². The number of nitrogens with zero attached hydrogens (tertiary/aromatic N) is 2. The Bertz CT molecular complexity index is 1270. The summed E-state index contributed by atoms with van der Waals surface area (Å²) in [7, 11) is 0. The summed E-state index contributed by atoms with van der Waals surface area (Å²) in [4.78, 5) is 36.9. The molecule has 7 nitrogen and oxygen atoms in total. The Hall–Kier alpha value is -3.39. The molecule has 8 heteroatoms. The van der Waals surface area contributed by atoms with Crippen molar-refractivity contribution >= 4 is 28.6 Å². The van der Waals surface area contributed by atoms with Gasteiger partial charge in [-0.3, -0.25) is 14.6 Å². The standard InChI is InChI=1S/C23H22N4O3S/c1-14-16-7-3-4-8-19(16)30-21(14)23(29)26-17(9-11-31-2)18-12-20(28)27-22(25-18)15-6-5-10-24-13-15/h3-8,10,12-13,17H,9,11H2,1-2H3,(H,26,29)(H,25,27,28). The van der Waals surface area contributed by atoms with E-state index in [0.717, 1.165) is 16.7 Å². The lowest BCUT2D eigenvalue weighted by atomic mass is 10.1. The van der Waals surface area contributed by atoms with Crippen molar-refractivity contribution in [3.8, 4) is 11.4 Å². The van der Waals surface area contributed by atoms with E-state index in [4.69, 9.17) is 4.42 Å². The predicted octanol–water partition coefficient (Wildman–Crippen LogP) is 4.11. The molecule has 158 valence electrons. The van der Waals surface area contributed by atoms with Crippen molar-refractivity contribution in [1.29, 1.82) is 0 Å². The van der Waals surface area contributed by atoms with Crippen LogP contribution in [0.15, 0.2) is 64.1 Å². The summed E-state index contributed by atoms with van der Waals surface area (Å²) >= 11 is 1.66. The SMILES string of the molecule is CSCCC(NC(=O)c1oc2ccccc2c1C)c1cc(=O)[nH]c(-c2cccnc2)n1. The number of nitrogens with one attached hydrogen (secondary N) is 2. The van der Waals surface area contributed by atoms with Crippen LogP contribution in [0.5, 0.6) is 0 Å². The maximum absolute atomic E-state index is 13.1. The predicted molar refractivity (Wildman–Crippen MR) is 122 cm³/mol. The molecule has 0 bridgehead atoms. The van der Waals surface area contributed by atoms with Crippen LogP contribution in [0.4, 0.5) is 0 Å². The summed E-state index contributed by atoms with van der Waals surface area (Å²) in [6.07, 6.45) is 5.90. The summed E-state index contributed by atoms with van der Waals surface area (Å²) < 4.78 is 5.80. The molecule has 0 aliphatic heterocycles. The first kappa shape index (κ1) is 20.9. The van der Waals surface area contributed by atoms with Gasteiger partial charge in [-0.1, -0.05) is 18.2 Å². The first-order chi connectivity index (χ1) is 15.1. The fourth-order valence-electron chi connectivity index (χ4n) is 3.44. The second-order valence-corrected chi connectivity index (χ2v) is 8.11. The Kier molecular flexibility index (Phi) is 6.18. The van der Waals surface area contributed by atoms with E-state index in [0.29, 0.717) is 29.1 Å². The molecular weight excluding hydrogens is 412 g/mol. The van der Waals surface area contributed by atoms with Crippen molar-refractivity contribution in [2.45, 2.75) is 19.4 Å². The third kappa shape index (κ3) is 4.54. The lowest BCUT2D eigenvalue weighted by molar-refractivity contribution is 0.0908. The molecule has 4 rings (SSSR count). The second-order valence-electron chi connectivity index (χ2n) is 7.12. The number of para-hydroxylation sites is 1. The van der Waals surface area contributed by atoms with Crippen LogP contribution in [-0.4, -0.2) is 32.9 Å². The van der Waals surface area contributed by atoms with Crippen LogP contribution in [0.3, 0.4) is 0 Å². The molecule has 0 aliphatic rings. The number of carbonyl (C=O) groups excluding carboxylic acids is 1. The maximum Gasteiger partial charge on any atom is 0.287 e. The maximum atomic E-state index is 13.1. The number of aromatic nitrogens is 3. The highest BCUT2D eigenvalue weighted by Gasteiger charge is 2.23. The molecule has 1 unspecified atom stereocenters. The van der Waals surface area contributed by atoms with Gasteiger partial charge in [-0.05, 0) is 43.6 Å². The lowest BCUT2D eigenvalue weighted by Crippen LogP contribution is -2.31. The van der Waals surface area contributed by atoms with Crippen molar-refractivity contribution in [1.82, 2.24) is 20.3 Å². The van der Waals surface area contributed by atoms with E-state index >= 15 is 0 Å². The highest BCUT2D eigenvalue weighted by atomic mass is 32.2. The Morgan fingerprint density at radius 2 is 2.10 bits per heavy atom. The minimum Gasteiger partial charge on any atom is -0.451 e. The van der Waals surface area contributed by atoms with E-state index in [9.17, 15) is 9.59 Å². The fraction of sp³-hybridized carbons (Fsp3) is 0.217. The van der Waals surface area contributed by atoms with Gasteiger partial charge in [-0.25, -0.2) is 4.98 Å². The zero-order valence-electron chi connectivity index (χ0n) is 17.2. The van der Waals surface area contributed by atoms with Crippen LogP contribution < -0.4 is 10.9 Å². The zero-order chi connectivity index (χ0) is 21.8. The van der Waals surface area contributed by atoms with Gasteiger partial charge in [-0.15, -0.1) is 0 Å². The number of hydrogen-bond donors (Lipinski definition) is 2. The third-order valence-corrected chi connectivity index (χ3v) is 5.66. The van der Waals surface area contributed by atoms with Gasteiger partial charge < -0.3 is 14.7 Å². The molecule has 31 heavy (non-hydrogen) atoms. The van der Waals surface area contributed by atoms with Crippen molar-refractivity contribution < 1.29 is 9.21 Å². The fourth-order valence-corrected chi connectivity index (χ4v) is 3.91. The Labute approximate surface area is 183 Å². The summed E-state index contributed by atoms with van der Waals surface area (Å²) in [6.45, 7) is 1.86. The molecule has 0 saturated carbocycles. The number of furan rings is 1. The van der Waals surface area contributed by atoms with Gasteiger partial charge in [0, 0.05) is 35.0 Å². The van der Waals surface area contributed by atoms with E-state index < -0.39 is 6.04 Å². The lowest BCUT2D eigenvalue weighted by Gasteiger charge is -2.18. The van der Waals surface area contributed by atoms with Crippen LogP contribution in [0.2, 0.25) is 0 Å². The second kappa shape index (κ2) is 9.18. The molecule has 0 fully saturated rings. The molecule has 1 aromatic carbocycles. The summed E-state index contributed by atoms with van der Waals surface area (Å²) in [5.74, 6) is 1.15. The molecule has 3 heterocycles. The quantitative estimate of drug-likeness (QED) is 0.454. The first-order valence-electron chi connectivity index (χ1n) is 9.86. The molecule has 0 radical (unpaired) electrons. The number of fused-ring (bicyclic) bond motifs is 1. The molecule has 0 saturated heterocycles. The number of benzene rings is 1. The van der Waals surface area contributed by atoms with Crippen LogP contribution in [0, 0.1) is 6.92 Å². The molecule has 1 atom stereocenters. The van der Waals surface area contributed by atoms with Gasteiger partial charge in [0.2, 0.25) is 0 Å². The average Bonchev–Trinajstić information content (AvgIpc) is 3.13. The normalized spacial score (nSPS) is 12.1. The monoisotopic (exact) mass is 434 g/mol. The number of H-pyrrole nitrogens is 1. The van der Waals surface area contributed by atoms with Gasteiger partial charge in [0.1, 0.15) is 11.4 Å². The van der Waals surface area contributed by atoms with E-state index in [1.54, 1.807) is 30.2 Å².